The molecule has 3 rings (SSSR count). The van der Waals surface area contributed by atoms with Crippen molar-refractivity contribution in [3.63, 3.8) is 0 Å². The molecule has 0 unspecified atom stereocenters. The second kappa shape index (κ2) is 9.13. The summed E-state index contributed by atoms with van der Waals surface area (Å²) in [5.41, 5.74) is 3.94. The van der Waals surface area contributed by atoms with Crippen molar-refractivity contribution in [3.05, 3.63) is 69.5 Å². The lowest BCUT2D eigenvalue weighted by Crippen LogP contribution is -2.24. The van der Waals surface area contributed by atoms with Gasteiger partial charge in [0.1, 0.15) is 29.3 Å². The molecule has 1 aromatic heterocycles. The van der Waals surface area contributed by atoms with Gasteiger partial charge in [-0.15, -0.1) is 0 Å². The highest BCUT2D eigenvalue weighted by Crippen LogP contribution is 2.36. The molecule has 166 valence electrons. The van der Waals surface area contributed by atoms with Gasteiger partial charge in [-0.05, 0) is 35.4 Å². The van der Waals surface area contributed by atoms with Crippen LogP contribution in [0.5, 0.6) is 17.2 Å². The summed E-state index contributed by atoms with van der Waals surface area (Å²) < 4.78 is 16.3. The largest absolute Gasteiger partial charge is 0.497 e. The van der Waals surface area contributed by atoms with Crippen molar-refractivity contribution in [1.29, 1.82) is 0 Å². The number of nitrogens with one attached hydrogen (secondary N) is 1. The zero-order chi connectivity index (χ0) is 23.4. The zero-order valence-corrected chi connectivity index (χ0v) is 17.2. The molecule has 3 aromatic rings. The van der Waals surface area contributed by atoms with Crippen molar-refractivity contribution in [2.45, 2.75) is 6.61 Å². The molecule has 0 amide bonds. The number of aromatic nitrogens is 1. The highest BCUT2D eigenvalue weighted by atomic mass is 16.5. The van der Waals surface area contributed by atoms with Gasteiger partial charge < -0.3 is 35.1 Å². The van der Waals surface area contributed by atoms with E-state index in [4.69, 9.17) is 19.9 Å². The van der Waals surface area contributed by atoms with Gasteiger partial charge in [-0.25, -0.2) is 9.59 Å². The van der Waals surface area contributed by atoms with Gasteiger partial charge in [0.05, 0.1) is 14.2 Å². The Kier molecular flexibility index (Phi) is 6.34. The normalized spacial score (nSPS) is 10.4. The number of methoxy groups -OCH3 is 2. The Morgan fingerprint density at radius 3 is 2.31 bits per heavy atom. The first-order valence-corrected chi connectivity index (χ1v) is 9.23. The first-order valence-electron chi connectivity index (χ1n) is 9.23. The molecule has 0 aliphatic rings. The third kappa shape index (κ3) is 4.33. The summed E-state index contributed by atoms with van der Waals surface area (Å²) in [6.07, 6.45) is 0. The van der Waals surface area contributed by atoms with E-state index < -0.39 is 34.4 Å². The number of rotatable bonds is 8. The molecule has 10 nitrogen and oxygen atoms in total. The quantitative estimate of drug-likeness (QED) is 0.412. The number of hydrogen-bond donors (Lipinski definition) is 4. The molecule has 1 heterocycles. The van der Waals surface area contributed by atoms with E-state index in [2.05, 4.69) is 4.98 Å². The highest BCUT2D eigenvalue weighted by molar-refractivity contribution is 6.07. The molecule has 0 radical (unpaired) electrons. The van der Waals surface area contributed by atoms with Crippen LogP contribution in [0.4, 0.5) is 5.82 Å². The molecule has 0 saturated heterocycles. The number of pyridine rings is 1. The van der Waals surface area contributed by atoms with Crippen LogP contribution in [-0.4, -0.2) is 41.4 Å². The minimum atomic E-state index is -1.60. The number of ether oxygens (including phenoxy) is 3. The zero-order valence-electron chi connectivity index (χ0n) is 17.2. The van der Waals surface area contributed by atoms with Crippen LogP contribution < -0.4 is 25.5 Å². The third-order valence-corrected chi connectivity index (χ3v) is 4.65. The minimum absolute atomic E-state index is 0.110. The van der Waals surface area contributed by atoms with Gasteiger partial charge in [0.15, 0.2) is 11.5 Å². The molecule has 0 bridgehead atoms. The number of carboxylic acids is 2. The van der Waals surface area contributed by atoms with E-state index in [1.54, 1.807) is 25.3 Å². The fraction of sp³-hybridized carbons (Fsp3) is 0.136. The van der Waals surface area contributed by atoms with Crippen molar-refractivity contribution < 1.29 is 34.0 Å². The first-order chi connectivity index (χ1) is 15.3. The fourth-order valence-electron chi connectivity index (χ4n) is 3.20. The molecule has 2 aromatic carbocycles. The van der Waals surface area contributed by atoms with E-state index in [0.717, 1.165) is 5.56 Å². The first kappa shape index (κ1) is 22.2. The highest BCUT2D eigenvalue weighted by Gasteiger charge is 2.27. The van der Waals surface area contributed by atoms with Gasteiger partial charge in [0.2, 0.25) is 0 Å². The van der Waals surface area contributed by atoms with Crippen molar-refractivity contribution in [2.75, 3.05) is 20.0 Å². The van der Waals surface area contributed by atoms with Crippen LogP contribution in [-0.2, 0) is 6.61 Å². The third-order valence-electron chi connectivity index (χ3n) is 4.65. The smallest absolute Gasteiger partial charge is 0.342 e. The number of aromatic carboxylic acids is 2. The molecule has 32 heavy (non-hydrogen) atoms. The van der Waals surface area contributed by atoms with Crippen molar-refractivity contribution in [3.8, 4) is 28.4 Å². The lowest BCUT2D eigenvalue weighted by atomic mass is 9.95. The predicted molar refractivity (Wildman–Crippen MR) is 115 cm³/mol. The van der Waals surface area contributed by atoms with Gasteiger partial charge in [0.25, 0.3) is 5.56 Å². The standard InChI is InChI=1S/C22H20N2O8/c1-30-13-5-3-4-11(8-13)10-32-15-9-12(6-7-14(15)31-2)16-17(21(26)27)19(23)24-20(25)18(16)22(28)29/h3-9H,10H2,1-2H3,(H,26,27)(H,28,29)(H3,23,24,25). The number of aromatic amines is 1. The maximum Gasteiger partial charge on any atom is 0.342 e. The molecule has 10 heteroatoms. The van der Waals surface area contributed by atoms with Crippen molar-refractivity contribution in [2.24, 2.45) is 0 Å². The summed E-state index contributed by atoms with van der Waals surface area (Å²) in [5.74, 6) is -2.38. The van der Waals surface area contributed by atoms with Gasteiger partial charge in [0, 0.05) is 5.56 Å². The Morgan fingerprint density at radius 2 is 1.69 bits per heavy atom. The summed E-state index contributed by atoms with van der Waals surface area (Å²) in [5, 5.41) is 19.2. The van der Waals surface area contributed by atoms with E-state index >= 15 is 0 Å². The van der Waals surface area contributed by atoms with Gasteiger partial charge in [-0.3, -0.25) is 4.79 Å². The number of benzene rings is 2. The van der Waals surface area contributed by atoms with Crippen molar-refractivity contribution in [1.82, 2.24) is 4.98 Å². The van der Waals surface area contributed by atoms with Crippen LogP contribution in [0.15, 0.2) is 47.3 Å². The van der Waals surface area contributed by atoms with Crippen LogP contribution in [0, 0.1) is 0 Å². The SMILES string of the molecule is COc1cccc(COc2cc(-c3c(C(=O)O)c(N)[nH]c(=O)c3C(=O)O)ccc2OC)c1. The average molecular weight is 440 g/mol. The summed E-state index contributed by atoms with van der Waals surface area (Å²) in [6.45, 7) is 0.117. The Labute approximate surface area is 181 Å². The second-order valence-electron chi connectivity index (χ2n) is 6.61. The van der Waals surface area contributed by atoms with Gasteiger partial charge in [-0.1, -0.05) is 18.2 Å². The molecule has 5 N–H and O–H groups in total. The minimum Gasteiger partial charge on any atom is -0.497 e. The van der Waals surface area contributed by atoms with E-state index in [9.17, 15) is 24.6 Å². The van der Waals surface area contributed by atoms with Crippen LogP contribution in [0.25, 0.3) is 11.1 Å². The maximum absolute atomic E-state index is 12.3. The van der Waals surface area contributed by atoms with Crippen LogP contribution in [0.3, 0.4) is 0 Å². The number of nitrogen functional groups attached to an aromatic ring is 1. The van der Waals surface area contributed by atoms with Gasteiger partial charge in [-0.2, -0.15) is 0 Å². The molecular weight excluding hydrogens is 420 g/mol. The Balaban J connectivity index is 2.13. The molecule has 0 fully saturated rings. The van der Waals surface area contributed by atoms with E-state index in [1.165, 1.54) is 25.3 Å². The van der Waals surface area contributed by atoms with E-state index in [-0.39, 0.29) is 23.5 Å². The van der Waals surface area contributed by atoms with Crippen LogP contribution in [0.1, 0.15) is 26.3 Å². The molecular formula is C22H20N2O8. The molecule has 0 aliphatic heterocycles. The number of nitrogens with two attached hydrogens (primary N) is 1. The molecule has 0 atom stereocenters. The Bertz CT molecular complexity index is 1250. The van der Waals surface area contributed by atoms with E-state index in [0.29, 0.717) is 11.5 Å². The number of carboxylic acid groups (broad SMARTS) is 2. The number of hydrogen-bond acceptors (Lipinski definition) is 7. The monoisotopic (exact) mass is 440 g/mol. The number of anilines is 1. The molecule has 0 saturated carbocycles. The summed E-state index contributed by atoms with van der Waals surface area (Å²) >= 11 is 0. The topological polar surface area (TPSA) is 161 Å². The lowest BCUT2D eigenvalue weighted by Gasteiger charge is -2.16. The maximum atomic E-state index is 12.3. The van der Waals surface area contributed by atoms with Crippen LogP contribution in [0.2, 0.25) is 0 Å². The number of carbonyl (C=O) groups is 2. The summed E-state index contributed by atoms with van der Waals surface area (Å²) in [6, 6.07) is 11.5. The lowest BCUT2D eigenvalue weighted by molar-refractivity contribution is 0.0695. The summed E-state index contributed by atoms with van der Waals surface area (Å²) in [4.78, 5) is 37.9. The van der Waals surface area contributed by atoms with Crippen LogP contribution >= 0.6 is 0 Å². The second-order valence-corrected chi connectivity index (χ2v) is 6.61. The Morgan fingerprint density at radius 1 is 0.969 bits per heavy atom. The summed E-state index contributed by atoms with van der Waals surface area (Å²) in [7, 11) is 2.96. The predicted octanol–water partition coefficient (Wildman–Crippen LogP) is 2.62. The molecule has 0 spiro atoms. The van der Waals surface area contributed by atoms with E-state index in [1.807, 2.05) is 6.07 Å². The van der Waals surface area contributed by atoms with Gasteiger partial charge >= 0.3 is 11.9 Å². The van der Waals surface area contributed by atoms with Crippen molar-refractivity contribution >= 4 is 17.8 Å². The Hall–Kier alpha value is -4.47. The average Bonchev–Trinajstić information content (AvgIpc) is 2.76. The fourth-order valence-corrected chi connectivity index (χ4v) is 3.20. The molecule has 0 aliphatic carbocycles. The number of H-pyrrole nitrogens is 1.